The molecule has 1 amide bonds. The number of nitro benzene ring substituents is 1. The minimum atomic E-state index is -0.728. The van der Waals surface area contributed by atoms with Gasteiger partial charge in [-0.15, -0.1) is 0 Å². The number of esters is 1. The van der Waals surface area contributed by atoms with Gasteiger partial charge in [0.25, 0.3) is 11.6 Å². The van der Waals surface area contributed by atoms with E-state index in [0.29, 0.717) is 16.6 Å². The van der Waals surface area contributed by atoms with E-state index in [4.69, 9.17) is 4.74 Å². The molecule has 34 heavy (non-hydrogen) atoms. The number of carbonyl (C=O) groups excluding carboxylic acids is 2. The van der Waals surface area contributed by atoms with Crippen LogP contribution in [-0.2, 0) is 9.53 Å². The van der Waals surface area contributed by atoms with Crippen molar-refractivity contribution in [2.75, 3.05) is 11.9 Å². The Morgan fingerprint density at radius 3 is 2.59 bits per heavy atom. The number of para-hydroxylation sites is 1. The van der Waals surface area contributed by atoms with Crippen LogP contribution in [0.2, 0.25) is 0 Å². The number of carbonyl (C=O) groups is 2. The number of ether oxygens (including phenoxy) is 1. The minimum Gasteiger partial charge on any atom is -0.452 e. The average molecular weight is 453 g/mol. The second kappa shape index (κ2) is 9.54. The fourth-order valence-electron chi connectivity index (χ4n) is 3.26. The van der Waals surface area contributed by atoms with Gasteiger partial charge >= 0.3 is 5.97 Å². The number of nitrogens with one attached hydrogen (secondary N) is 1. The molecule has 10 nitrogen and oxygen atoms in total. The second-order valence-electron chi connectivity index (χ2n) is 7.03. The van der Waals surface area contributed by atoms with Gasteiger partial charge < -0.3 is 10.1 Å². The van der Waals surface area contributed by atoms with Crippen LogP contribution in [-0.4, -0.2) is 33.4 Å². The molecule has 0 spiro atoms. The van der Waals surface area contributed by atoms with Crippen molar-refractivity contribution in [2.45, 2.75) is 0 Å². The molecule has 1 N–H and O–H groups in total. The fourth-order valence-corrected chi connectivity index (χ4v) is 3.26. The van der Waals surface area contributed by atoms with E-state index in [1.165, 1.54) is 6.07 Å². The number of anilines is 1. The molecule has 0 aliphatic heterocycles. The van der Waals surface area contributed by atoms with Crippen molar-refractivity contribution in [3.8, 4) is 17.3 Å². The van der Waals surface area contributed by atoms with Gasteiger partial charge in [0.2, 0.25) is 0 Å². The highest BCUT2D eigenvalue weighted by Gasteiger charge is 2.18. The third-order valence-electron chi connectivity index (χ3n) is 4.86. The smallest absolute Gasteiger partial charge is 0.339 e. The highest BCUT2D eigenvalue weighted by molar-refractivity contribution is 6.05. The molecule has 10 heteroatoms. The lowest BCUT2D eigenvalue weighted by atomic mass is 10.0. The lowest BCUT2D eigenvalue weighted by Crippen LogP contribution is -2.21. The van der Waals surface area contributed by atoms with Crippen LogP contribution in [0.3, 0.4) is 0 Å². The van der Waals surface area contributed by atoms with Crippen LogP contribution < -0.4 is 5.32 Å². The van der Waals surface area contributed by atoms with Crippen molar-refractivity contribution in [3.63, 3.8) is 0 Å². The summed E-state index contributed by atoms with van der Waals surface area (Å²) >= 11 is 0. The van der Waals surface area contributed by atoms with E-state index < -0.39 is 23.4 Å². The Morgan fingerprint density at radius 1 is 1.09 bits per heavy atom. The van der Waals surface area contributed by atoms with E-state index >= 15 is 0 Å². The molecule has 0 saturated carbocycles. The Labute approximate surface area is 192 Å². The SMILES string of the molecule is N#Cc1cc([N+](=O)[O-])ccc1NC(=O)COC(=O)c1cc(-c2ccncc2)nc2ccccc12. The van der Waals surface area contributed by atoms with Gasteiger partial charge in [-0.1, -0.05) is 18.2 Å². The van der Waals surface area contributed by atoms with Crippen molar-refractivity contribution in [1.29, 1.82) is 5.26 Å². The zero-order chi connectivity index (χ0) is 24.1. The van der Waals surface area contributed by atoms with E-state index in [1.807, 2.05) is 0 Å². The number of benzene rings is 2. The van der Waals surface area contributed by atoms with Gasteiger partial charge in [-0.2, -0.15) is 5.26 Å². The second-order valence-corrected chi connectivity index (χ2v) is 7.03. The molecule has 166 valence electrons. The summed E-state index contributed by atoms with van der Waals surface area (Å²) in [5.74, 6) is -1.43. The molecule has 2 heterocycles. The third-order valence-corrected chi connectivity index (χ3v) is 4.86. The summed E-state index contributed by atoms with van der Waals surface area (Å²) in [5.41, 5.74) is 1.82. The third kappa shape index (κ3) is 4.68. The number of amides is 1. The summed E-state index contributed by atoms with van der Waals surface area (Å²) in [6, 6.07) is 17.4. The molecule has 2 aromatic heterocycles. The van der Waals surface area contributed by atoms with Crippen molar-refractivity contribution in [3.05, 3.63) is 94.3 Å². The highest BCUT2D eigenvalue weighted by atomic mass is 16.6. The molecular formula is C24H15N5O5. The molecule has 0 atom stereocenters. The topological polar surface area (TPSA) is 148 Å². The molecule has 0 bridgehead atoms. The molecule has 4 rings (SSSR count). The predicted molar refractivity (Wildman–Crippen MR) is 122 cm³/mol. The first kappa shape index (κ1) is 22.0. The largest absolute Gasteiger partial charge is 0.452 e. The maximum absolute atomic E-state index is 12.9. The normalized spacial score (nSPS) is 10.3. The molecule has 0 fully saturated rings. The Kier molecular flexibility index (Phi) is 6.18. The first-order chi connectivity index (χ1) is 16.5. The molecule has 4 aromatic rings. The van der Waals surface area contributed by atoms with Crippen LogP contribution in [0.25, 0.3) is 22.2 Å². The molecule has 0 aliphatic carbocycles. The highest BCUT2D eigenvalue weighted by Crippen LogP contribution is 2.25. The van der Waals surface area contributed by atoms with E-state index in [-0.39, 0.29) is 22.5 Å². The zero-order valence-electron chi connectivity index (χ0n) is 17.5. The van der Waals surface area contributed by atoms with Crippen LogP contribution in [0.1, 0.15) is 15.9 Å². The summed E-state index contributed by atoms with van der Waals surface area (Å²) < 4.78 is 5.21. The molecular weight excluding hydrogens is 438 g/mol. The number of non-ortho nitro benzene ring substituents is 1. The molecule has 0 unspecified atom stereocenters. The number of hydrogen-bond acceptors (Lipinski definition) is 8. The van der Waals surface area contributed by atoms with Crippen LogP contribution in [0.5, 0.6) is 0 Å². The molecule has 2 aromatic carbocycles. The number of nitrogens with zero attached hydrogens (tertiary/aromatic N) is 4. The molecule has 0 aliphatic rings. The lowest BCUT2D eigenvalue weighted by molar-refractivity contribution is -0.384. The van der Waals surface area contributed by atoms with E-state index in [9.17, 15) is 25.0 Å². The number of aromatic nitrogens is 2. The van der Waals surface area contributed by atoms with E-state index in [1.54, 1.807) is 60.9 Å². The van der Waals surface area contributed by atoms with Gasteiger partial charge in [0.05, 0.1) is 32.9 Å². The van der Waals surface area contributed by atoms with Gasteiger partial charge in [-0.3, -0.25) is 19.9 Å². The van der Waals surface area contributed by atoms with Crippen LogP contribution >= 0.6 is 0 Å². The summed E-state index contributed by atoms with van der Waals surface area (Å²) in [6.45, 7) is -0.623. The predicted octanol–water partition coefficient (Wildman–Crippen LogP) is 3.87. The summed E-state index contributed by atoms with van der Waals surface area (Å²) in [7, 11) is 0. The van der Waals surface area contributed by atoms with E-state index in [2.05, 4.69) is 15.3 Å². The van der Waals surface area contributed by atoms with Crippen LogP contribution in [0.4, 0.5) is 11.4 Å². The number of nitro groups is 1. The van der Waals surface area contributed by atoms with Crippen molar-refractivity contribution >= 4 is 34.2 Å². The maximum atomic E-state index is 12.9. The number of nitriles is 1. The lowest BCUT2D eigenvalue weighted by Gasteiger charge is -2.11. The van der Waals surface area contributed by atoms with Crippen molar-refractivity contribution in [1.82, 2.24) is 9.97 Å². The first-order valence-electron chi connectivity index (χ1n) is 9.92. The Balaban J connectivity index is 1.53. The summed E-state index contributed by atoms with van der Waals surface area (Å²) in [5, 5.41) is 23.1. The summed E-state index contributed by atoms with van der Waals surface area (Å²) in [4.78, 5) is 44.0. The average Bonchev–Trinajstić information content (AvgIpc) is 2.87. The van der Waals surface area contributed by atoms with Gasteiger partial charge in [-0.25, -0.2) is 9.78 Å². The number of fused-ring (bicyclic) bond motifs is 1. The molecule has 0 radical (unpaired) electrons. The van der Waals surface area contributed by atoms with Crippen LogP contribution in [0, 0.1) is 21.4 Å². The van der Waals surface area contributed by atoms with E-state index in [0.717, 1.165) is 17.7 Å². The van der Waals surface area contributed by atoms with Gasteiger partial charge in [0.15, 0.2) is 6.61 Å². The fraction of sp³-hybridized carbons (Fsp3) is 0.0417. The Bertz CT molecular complexity index is 1460. The number of hydrogen-bond donors (Lipinski definition) is 1. The number of rotatable bonds is 6. The zero-order valence-corrected chi connectivity index (χ0v) is 17.5. The quantitative estimate of drug-likeness (QED) is 0.263. The Morgan fingerprint density at radius 2 is 1.85 bits per heavy atom. The number of pyridine rings is 2. The maximum Gasteiger partial charge on any atom is 0.339 e. The standard InChI is InChI=1S/C24H15N5O5/c25-13-16-11-17(29(32)33)5-6-20(16)28-23(30)14-34-24(31)19-12-22(15-7-9-26-10-8-15)27-21-4-2-1-3-18(19)21/h1-12H,14H2,(H,28,30). The van der Waals surface area contributed by atoms with Crippen LogP contribution in [0.15, 0.2) is 73.1 Å². The summed E-state index contributed by atoms with van der Waals surface area (Å²) in [6.07, 6.45) is 3.23. The molecule has 0 saturated heterocycles. The first-order valence-corrected chi connectivity index (χ1v) is 9.92. The Hall–Kier alpha value is -5.17. The van der Waals surface area contributed by atoms with Gasteiger partial charge in [-0.05, 0) is 30.3 Å². The monoisotopic (exact) mass is 453 g/mol. The van der Waals surface area contributed by atoms with Gasteiger partial charge in [0, 0.05) is 35.5 Å². The minimum absolute atomic E-state index is 0.0727. The van der Waals surface area contributed by atoms with Crippen molar-refractivity contribution in [2.24, 2.45) is 0 Å². The van der Waals surface area contributed by atoms with Crippen molar-refractivity contribution < 1.29 is 19.2 Å². The van der Waals surface area contributed by atoms with Gasteiger partial charge in [0.1, 0.15) is 6.07 Å².